The summed E-state index contributed by atoms with van der Waals surface area (Å²) in [5.74, 6) is 0.298. The standard InChI is InChI=1S/C36H30FN3O5/c1-23-35(36(42)40(26-12-8-5-9-13-26)39(23)22-24-10-6-4-7-11-24)30(41)19-25-14-15-32(28(37)18-25)45-31-16-17-38-29-21-34(44-3)33(43-2)20-27(29)31/h4-18,20-21H,19,22H2,1-3H3. The molecule has 226 valence electrons. The maximum atomic E-state index is 15.4. The third-order valence-corrected chi connectivity index (χ3v) is 7.64. The van der Waals surface area contributed by atoms with E-state index in [-0.39, 0.29) is 17.7 Å². The van der Waals surface area contributed by atoms with Crippen molar-refractivity contribution < 1.29 is 23.4 Å². The molecule has 0 unspecified atom stereocenters. The Balaban J connectivity index is 1.29. The number of aromatic nitrogens is 3. The van der Waals surface area contributed by atoms with Crippen LogP contribution in [0.2, 0.25) is 0 Å². The second-order valence-corrected chi connectivity index (χ2v) is 10.5. The van der Waals surface area contributed by atoms with E-state index in [1.54, 1.807) is 42.1 Å². The zero-order valence-corrected chi connectivity index (χ0v) is 25.0. The van der Waals surface area contributed by atoms with Gasteiger partial charge in [0.25, 0.3) is 5.56 Å². The summed E-state index contributed by atoms with van der Waals surface area (Å²) in [5, 5.41) is 0.610. The maximum absolute atomic E-state index is 15.4. The number of hydrogen-bond donors (Lipinski definition) is 0. The number of ether oxygens (including phenoxy) is 3. The average molecular weight is 604 g/mol. The predicted molar refractivity (Wildman–Crippen MR) is 170 cm³/mol. The lowest BCUT2D eigenvalue weighted by Gasteiger charge is -2.14. The first-order chi connectivity index (χ1) is 21.9. The van der Waals surface area contributed by atoms with Crippen LogP contribution in [0.3, 0.4) is 0 Å². The topological polar surface area (TPSA) is 84.6 Å². The van der Waals surface area contributed by atoms with E-state index in [0.29, 0.717) is 51.6 Å². The molecule has 0 aliphatic rings. The molecule has 0 fully saturated rings. The van der Waals surface area contributed by atoms with Gasteiger partial charge in [-0.05, 0) is 54.4 Å². The van der Waals surface area contributed by atoms with Crippen molar-refractivity contribution in [1.82, 2.24) is 14.3 Å². The van der Waals surface area contributed by atoms with Crippen LogP contribution in [0, 0.1) is 12.7 Å². The smallest absolute Gasteiger partial charge is 0.282 e. The van der Waals surface area contributed by atoms with Gasteiger partial charge in [-0.25, -0.2) is 9.07 Å². The zero-order chi connectivity index (χ0) is 31.5. The number of rotatable bonds is 10. The number of pyridine rings is 1. The molecule has 0 aliphatic carbocycles. The number of hydrogen-bond acceptors (Lipinski definition) is 6. The summed E-state index contributed by atoms with van der Waals surface area (Å²) >= 11 is 0. The lowest BCUT2D eigenvalue weighted by molar-refractivity contribution is 0.0991. The summed E-state index contributed by atoms with van der Waals surface area (Å²) in [5.41, 5.74) is 2.82. The lowest BCUT2D eigenvalue weighted by Crippen LogP contribution is -2.24. The largest absolute Gasteiger partial charge is 0.493 e. The summed E-state index contributed by atoms with van der Waals surface area (Å²) in [7, 11) is 3.06. The molecule has 0 radical (unpaired) electrons. The van der Waals surface area contributed by atoms with E-state index in [4.69, 9.17) is 14.2 Å². The van der Waals surface area contributed by atoms with Gasteiger partial charge in [-0.1, -0.05) is 54.6 Å². The molecule has 45 heavy (non-hydrogen) atoms. The normalized spacial score (nSPS) is 11.0. The van der Waals surface area contributed by atoms with Crippen molar-refractivity contribution in [3.63, 3.8) is 0 Å². The van der Waals surface area contributed by atoms with Gasteiger partial charge in [0, 0.05) is 29.8 Å². The van der Waals surface area contributed by atoms with Crippen LogP contribution in [-0.2, 0) is 13.0 Å². The number of nitrogens with zero attached hydrogens (tertiary/aromatic N) is 3. The number of fused-ring (bicyclic) bond motifs is 1. The number of halogens is 1. The van der Waals surface area contributed by atoms with E-state index in [0.717, 1.165) is 5.56 Å². The fraction of sp³-hybridized carbons (Fsp3) is 0.139. The summed E-state index contributed by atoms with van der Waals surface area (Å²) in [6.07, 6.45) is 1.40. The number of Topliss-reactive ketones (excluding diaryl/α,β-unsaturated/α-hetero) is 1. The van der Waals surface area contributed by atoms with Gasteiger partial charge in [0.05, 0.1) is 32.0 Å². The highest BCUT2D eigenvalue weighted by molar-refractivity contribution is 5.98. The molecule has 6 aromatic rings. The first-order valence-electron chi connectivity index (χ1n) is 14.3. The monoisotopic (exact) mass is 603 g/mol. The Morgan fingerprint density at radius 3 is 2.18 bits per heavy atom. The molecule has 0 spiro atoms. The van der Waals surface area contributed by atoms with Crippen molar-refractivity contribution in [2.75, 3.05) is 14.2 Å². The molecule has 0 aliphatic heterocycles. The highest BCUT2D eigenvalue weighted by atomic mass is 19.1. The molecule has 0 bridgehead atoms. The van der Waals surface area contributed by atoms with E-state index in [2.05, 4.69) is 4.98 Å². The Labute approximate surface area is 258 Å². The first kappa shape index (κ1) is 29.4. The fourth-order valence-corrected chi connectivity index (χ4v) is 5.41. The molecule has 0 saturated carbocycles. The number of methoxy groups -OCH3 is 2. The van der Waals surface area contributed by atoms with Crippen LogP contribution in [0.4, 0.5) is 4.39 Å². The van der Waals surface area contributed by atoms with Crippen molar-refractivity contribution >= 4 is 16.7 Å². The Morgan fingerprint density at radius 2 is 1.49 bits per heavy atom. The summed E-state index contributed by atoms with van der Waals surface area (Å²) < 4.78 is 35.4. The lowest BCUT2D eigenvalue weighted by atomic mass is 10.0. The number of carbonyl (C=O) groups is 1. The van der Waals surface area contributed by atoms with Crippen molar-refractivity contribution in [2.24, 2.45) is 0 Å². The molecule has 0 saturated heterocycles. The van der Waals surface area contributed by atoms with Crippen LogP contribution in [0.25, 0.3) is 16.6 Å². The van der Waals surface area contributed by atoms with E-state index in [1.165, 1.54) is 31.0 Å². The highest BCUT2D eigenvalue weighted by Crippen LogP contribution is 2.37. The molecule has 0 atom stereocenters. The quantitative estimate of drug-likeness (QED) is 0.158. The number of para-hydroxylation sites is 1. The van der Waals surface area contributed by atoms with Gasteiger partial charge in [0.1, 0.15) is 11.3 Å². The van der Waals surface area contributed by atoms with E-state index >= 15 is 4.39 Å². The fourth-order valence-electron chi connectivity index (χ4n) is 5.41. The first-order valence-corrected chi connectivity index (χ1v) is 14.3. The summed E-state index contributed by atoms with van der Waals surface area (Å²) in [4.78, 5) is 31.8. The van der Waals surface area contributed by atoms with E-state index < -0.39 is 17.2 Å². The molecular weight excluding hydrogens is 573 g/mol. The van der Waals surface area contributed by atoms with Crippen molar-refractivity contribution in [3.8, 4) is 28.7 Å². The molecule has 2 heterocycles. The van der Waals surface area contributed by atoms with Crippen LogP contribution >= 0.6 is 0 Å². The minimum Gasteiger partial charge on any atom is -0.493 e. The highest BCUT2D eigenvalue weighted by Gasteiger charge is 2.24. The maximum Gasteiger partial charge on any atom is 0.282 e. The van der Waals surface area contributed by atoms with E-state index in [9.17, 15) is 9.59 Å². The number of ketones is 1. The molecule has 0 amide bonds. The molecule has 8 nitrogen and oxygen atoms in total. The molecule has 0 N–H and O–H groups in total. The van der Waals surface area contributed by atoms with Gasteiger partial charge in [-0.3, -0.25) is 19.3 Å². The average Bonchev–Trinajstić information content (AvgIpc) is 3.30. The summed E-state index contributed by atoms with van der Waals surface area (Å²) in [6, 6.07) is 28.3. The number of benzene rings is 4. The predicted octanol–water partition coefficient (Wildman–Crippen LogP) is 6.92. The molecule has 6 rings (SSSR count). The van der Waals surface area contributed by atoms with Crippen LogP contribution in [-0.4, -0.2) is 34.4 Å². The summed E-state index contributed by atoms with van der Waals surface area (Å²) in [6.45, 7) is 2.16. The van der Waals surface area contributed by atoms with Crippen molar-refractivity contribution in [2.45, 2.75) is 19.9 Å². The Hall–Kier alpha value is -5.70. The third kappa shape index (κ3) is 5.80. The van der Waals surface area contributed by atoms with Gasteiger partial charge < -0.3 is 14.2 Å². The molecule has 4 aromatic carbocycles. The zero-order valence-electron chi connectivity index (χ0n) is 25.0. The Morgan fingerprint density at radius 1 is 0.800 bits per heavy atom. The Bertz CT molecular complexity index is 2070. The second-order valence-electron chi connectivity index (χ2n) is 10.5. The van der Waals surface area contributed by atoms with Crippen LogP contribution in [0.5, 0.6) is 23.0 Å². The molecular formula is C36H30FN3O5. The SMILES string of the molecule is COc1cc2nccc(Oc3ccc(CC(=O)c4c(C)n(Cc5ccccc5)n(-c5ccccc5)c4=O)cc3F)c2cc1OC. The second kappa shape index (κ2) is 12.5. The van der Waals surface area contributed by atoms with Crippen molar-refractivity contribution in [3.05, 3.63) is 142 Å². The molecule has 9 heteroatoms. The minimum absolute atomic E-state index is 0.0230. The van der Waals surface area contributed by atoms with Crippen molar-refractivity contribution in [1.29, 1.82) is 0 Å². The van der Waals surface area contributed by atoms with Crippen LogP contribution in [0.1, 0.15) is 27.2 Å². The van der Waals surface area contributed by atoms with Gasteiger partial charge in [0.2, 0.25) is 0 Å². The van der Waals surface area contributed by atoms with Gasteiger partial charge in [0.15, 0.2) is 28.8 Å². The van der Waals surface area contributed by atoms with Gasteiger partial charge in [-0.2, -0.15) is 0 Å². The van der Waals surface area contributed by atoms with Crippen LogP contribution < -0.4 is 19.8 Å². The van der Waals surface area contributed by atoms with Gasteiger partial charge in [-0.15, -0.1) is 0 Å². The third-order valence-electron chi connectivity index (χ3n) is 7.64. The van der Waals surface area contributed by atoms with Gasteiger partial charge >= 0.3 is 0 Å². The molecule has 2 aromatic heterocycles. The number of carbonyl (C=O) groups excluding carboxylic acids is 1. The van der Waals surface area contributed by atoms with Crippen LogP contribution in [0.15, 0.2) is 108 Å². The van der Waals surface area contributed by atoms with E-state index in [1.807, 2.05) is 60.7 Å². The Kier molecular flexibility index (Phi) is 8.16. The minimum atomic E-state index is -0.647.